The van der Waals surface area contributed by atoms with E-state index in [0.29, 0.717) is 28.0 Å². The first-order chi connectivity index (χ1) is 15.3. The molecular formula is C25H30ClN3O3. The first kappa shape index (κ1) is 22.6. The maximum Gasteiger partial charge on any atom is 0.256 e. The van der Waals surface area contributed by atoms with E-state index in [1.807, 2.05) is 30.3 Å². The van der Waals surface area contributed by atoms with Gasteiger partial charge in [0.15, 0.2) is 6.10 Å². The van der Waals surface area contributed by atoms with Gasteiger partial charge in [0, 0.05) is 46.0 Å². The van der Waals surface area contributed by atoms with Crippen molar-refractivity contribution in [2.24, 2.45) is 11.8 Å². The van der Waals surface area contributed by atoms with Gasteiger partial charge in [-0.15, -0.1) is 0 Å². The fourth-order valence-corrected chi connectivity index (χ4v) is 4.94. The lowest BCUT2D eigenvalue weighted by Crippen LogP contribution is -2.55. The summed E-state index contributed by atoms with van der Waals surface area (Å²) >= 11 is 6.38. The Labute approximate surface area is 194 Å². The van der Waals surface area contributed by atoms with Crippen LogP contribution >= 0.6 is 11.6 Å². The molecule has 1 atom stereocenters. The number of piperidine rings is 1. The Morgan fingerprint density at radius 1 is 1.03 bits per heavy atom. The number of carbonyl (C=O) groups is 2. The molecule has 4 rings (SSSR count). The molecule has 0 saturated carbocycles. The number of benzene rings is 2. The van der Waals surface area contributed by atoms with Gasteiger partial charge in [-0.1, -0.05) is 41.9 Å². The number of halogens is 1. The van der Waals surface area contributed by atoms with Gasteiger partial charge < -0.3 is 19.8 Å². The van der Waals surface area contributed by atoms with Crippen LogP contribution in [0.25, 0.3) is 0 Å². The summed E-state index contributed by atoms with van der Waals surface area (Å²) in [4.78, 5) is 30.4. The van der Waals surface area contributed by atoms with Crippen LogP contribution in [0.15, 0.2) is 48.5 Å². The Hall–Kier alpha value is -2.57. The molecule has 0 radical (unpaired) electrons. The second kappa shape index (κ2) is 9.51. The zero-order valence-corrected chi connectivity index (χ0v) is 19.3. The standard InChI is InChI=1S/C25H30ClN3O3/c1-27(2)24(31)21-9-8-20(14-22(21)26)28-12-10-17(11-13-28)19-15-29(16-19)25(32)23(30)18-6-4-3-5-7-18/h3-9,14,17,19,23,30H,10-13,15-16H2,1-2H3. The topological polar surface area (TPSA) is 64.1 Å². The summed E-state index contributed by atoms with van der Waals surface area (Å²) < 4.78 is 0. The minimum absolute atomic E-state index is 0.0956. The molecule has 2 saturated heterocycles. The number of anilines is 1. The molecule has 170 valence electrons. The SMILES string of the molecule is CN(C)C(=O)c1ccc(N2CCC(C3CN(C(=O)C(O)c4ccccc4)C3)CC2)cc1Cl. The number of hydrogen-bond donors (Lipinski definition) is 1. The molecule has 2 fully saturated rings. The lowest BCUT2D eigenvalue weighted by atomic mass is 9.79. The van der Waals surface area contributed by atoms with Crippen molar-refractivity contribution in [1.29, 1.82) is 0 Å². The third-order valence-corrected chi connectivity index (χ3v) is 7.04. The summed E-state index contributed by atoms with van der Waals surface area (Å²) in [5.41, 5.74) is 2.21. The lowest BCUT2D eigenvalue weighted by Gasteiger charge is -2.47. The van der Waals surface area contributed by atoms with E-state index < -0.39 is 6.10 Å². The highest BCUT2D eigenvalue weighted by molar-refractivity contribution is 6.34. The number of nitrogens with zero attached hydrogens (tertiary/aromatic N) is 3. The summed E-state index contributed by atoms with van der Waals surface area (Å²) in [5.74, 6) is 0.774. The van der Waals surface area contributed by atoms with Crippen molar-refractivity contribution < 1.29 is 14.7 Å². The molecule has 32 heavy (non-hydrogen) atoms. The predicted molar refractivity (Wildman–Crippen MR) is 126 cm³/mol. The van der Waals surface area contributed by atoms with Crippen LogP contribution in [0.1, 0.15) is 34.9 Å². The van der Waals surface area contributed by atoms with Gasteiger partial charge in [0.1, 0.15) is 0 Å². The molecule has 6 nitrogen and oxygen atoms in total. The molecule has 1 N–H and O–H groups in total. The molecule has 0 aromatic heterocycles. The van der Waals surface area contributed by atoms with Crippen LogP contribution < -0.4 is 4.90 Å². The molecule has 0 aliphatic carbocycles. The molecule has 2 heterocycles. The Morgan fingerprint density at radius 2 is 1.69 bits per heavy atom. The molecule has 2 aromatic rings. The number of likely N-dealkylation sites (tertiary alicyclic amines) is 1. The summed E-state index contributed by atoms with van der Waals surface area (Å²) in [7, 11) is 3.43. The molecule has 2 aliphatic rings. The second-order valence-corrected chi connectivity index (χ2v) is 9.41. The quantitative estimate of drug-likeness (QED) is 0.750. The van der Waals surface area contributed by atoms with Crippen molar-refractivity contribution >= 4 is 29.1 Å². The molecule has 2 amide bonds. The van der Waals surface area contributed by atoms with E-state index in [9.17, 15) is 14.7 Å². The fourth-order valence-electron chi connectivity index (χ4n) is 4.69. The average Bonchev–Trinajstić information content (AvgIpc) is 2.78. The summed E-state index contributed by atoms with van der Waals surface area (Å²) in [6.45, 7) is 3.30. The van der Waals surface area contributed by atoms with Crippen molar-refractivity contribution in [1.82, 2.24) is 9.80 Å². The van der Waals surface area contributed by atoms with Gasteiger partial charge in [-0.25, -0.2) is 0 Å². The van der Waals surface area contributed by atoms with Crippen molar-refractivity contribution in [3.63, 3.8) is 0 Å². The number of aliphatic hydroxyl groups excluding tert-OH is 1. The van der Waals surface area contributed by atoms with Crippen LogP contribution in [0.2, 0.25) is 5.02 Å². The highest BCUT2D eigenvalue weighted by Gasteiger charge is 2.39. The molecule has 2 aliphatic heterocycles. The minimum Gasteiger partial charge on any atom is -0.378 e. The average molecular weight is 456 g/mol. The van der Waals surface area contributed by atoms with E-state index in [1.165, 1.54) is 4.90 Å². The van der Waals surface area contributed by atoms with E-state index >= 15 is 0 Å². The van der Waals surface area contributed by atoms with Crippen LogP contribution in [0.3, 0.4) is 0 Å². The number of rotatable bonds is 5. The van der Waals surface area contributed by atoms with E-state index in [4.69, 9.17) is 11.6 Å². The predicted octanol–water partition coefficient (Wildman–Crippen LogP) is 3.45. The number of amides is 2. The summed E-state index contributed by atoms with van der Waals surface area (Å²) in [6.07, 6.45) is 1.04. The molecule has 0 bridgehead atoms. The molecule has 0 spiro atoms. The van der Waals surface area contributed by atoms with Gasteiger partial charge in [-0.2, -0.15) is 0 Å². The van der Waals surface area contributed by atoms with Crippen LogP contribution in [-0.4, -0.2) is 67.0 Å². The van der Waals surface area contributed by atoms with Gasteiger partial charge in [0.25, 0.3) is 11.8 Å². The van der Waals surface area contributed by atoms with Crippen molar-refractivity contribution in [3.05, 3.63) is 64.7 Å². The maximum absolute atomic E-state index is 12.6. The van der Waals surface area contributed by atoms with Crippen LogP contribution in [0, 0.1) is 11.8 Å². The smallest absolute Gasteiger partial charge is 0.256 e. The van der Waals surface area contributed by atoms with Gasteiger partial charge in [0.05, 0.1) is 10.6 Å². The third-order valence-electron chi connectivity index (χ3n) is 6.73. The van der Waals surface area contributed by atoms with Gasteiger partial charge in [0.2, 0.25) is 0 Å². The highest BCUT2D eigenvalue weighted by atomic mass is 35.5. The third kappa shape index (κ3) is 4.62. The molecular weight excluding hydrogens is 426 g/mol. The fraction of sp³-hybridized carbons (Fsp3) is 0.440. The number of hydrogen-bond acceptors (Lipinski definition) is 4. The van der Waals surface area contributed by atoms with Gasteiger partial charge >= 0.3 is 0 Å². The van der Waals surface area contributed by atoms with Crippen LogP contribution in [0.5, 0.6) is 0 Å². The lowest BCUT2D eigenvalue weighted by molar-refractivity contribution is -0.148. The monoisotopic (exact) mass is 455 g/mol. The summed E-state index contributed by atoms with van der Waals surface area (Å²) in [6, 6.07) is 14.8. The Balaban J connectivity index is 1.28. The highest BCUT2D eigenvalue weighted by Crippen LogP contribution is 2.35. The van der Waals surface area contributed by atoms with Crippen LogP contribution in [0.4, 0.5) is 5.69 Å². The van der Waals surface area contributed by atoms with Crippen molar-refractivity contribution in [2.45, 2.75) is 18.9 Å². The molecule has 1 unspecified atom stereocenters. The number of carbonyl (C=O) groups excluding carboxylic acids is 2. The van der Waals surface area contributed by atoms with Gasteiger partial charge in [-0.3, -0.25) is 9.59 Å². The first-order valence-electron chi connectivity index (χ1n) is 11.1. The van der Waals surface area contributed by atoms with E-state index in [2.05, 4.69) is 4.90 Å². The molecule has 7 heteroatoms. The normalized spacial score (nSPS) is 18.2. The van der Waals surface area contributed by atoms with E-state index in [-0.39, 0.29) is 11.8 Å². The Kier molecular flexibility index (Phi) is 6.72. The zero-order chi connectivity index (χ0) is 22.8. The van der Waals surface area contributed by atoms with E-state index in [0.717, 1.165) is 44.7 Å². The molecule has 2 aromatic carbocycles. The maximum atomic E-state index is 12.6. The Morgan fingerprint density at radius 3 is 2.28 bits per heavy atom. The van der Waals surface area contributed by atoms with Crippen molar-refractivity contribution in [2.75, 3.05) is 45.2 Å². The second-order valence-electron chi connectivity index (χ2n) is 9.00. The minimum atomic E-state index is -1.08. The van der Waals surface area contributed by atoms with Crippen molar-refractivity contribution in [3.8, 4) is 0 Å². The summed E-state index contributed by atoms with van der Waals surface area (Å²) in [5, 5.41) is 10.8. The van der Waals surface area contributed by atoms with Gasteiger partial charge in [-0.05, 0) is 48.4 Å². The first-order valence-corrected chi connectivity index (χ1v) is 11.5. The largest absolute Gasteiger partial charge is 0.378 e. The van der Waals surface area contributed by atoms with E-state index in [1.54, 1.807) is 37.2 Å². The zero-order valence-electron chi connectivity index (χ0n) is 18.6. The Bertz CT molecular complexity index is 968. The number of aliphatic hydroxyl groups is 1. The van der Waals surface area contributed by atoms with Crippen LogP contribution in [-0.2, 0) is 4.79 Å².